The summed E-state index contributed by atoms with van der Waals surface area (Å²) in [5.74, 6) is -5.27. The number of nitrogens with zero attached hydrogens (tertiary/aromatic N) is 3. The number of carbonyl (C=O) groups is 3. The van der Waals surface area contributed by atoms with Crippen molar-refractivity contribution >= 4 is 17.8 Å². The van der Waals surface area contributed by atoms with E-state index in [9.17, 15) is 31.1 Å². The molecule has 1 aromatic heterocycles. The van der Waals surface area contributed by atoms with E-state index >= 15 is 0 Å². The normalized spacial score (nSPS) is 22.8. The summed E-state index contributed by atoms with van der Waals surface area (Å²) in [4.78, 5) is 39.5. The molecule has 0 aromatic carbocycles. The number of likely N-dealkylation sites (tertiary alicyclic amines) is 1. The van der Waals surface area contributed by atoms with Crippen molar-refractivity contribution in [3.05, 3.63) is 30.1 Å². The van der Waals surface area contributed by atoms with Gasteiger partial charge in [-0.15, -0.1) is 0 Å². The monoisotopic (exact) mass is 573 g/mol. The molecule has 3 fully saturated rings. The second-order valence-corrected chi connectivity index (χ2v) is 8.87. The van der Waals surface area contributed by atoms with Crippen molar-refractivity contribution in [3.8, 4) is 0 Å². The van der Waals surface area contributed by atoms with Gasteiger partial charge in [0.05, 0.1) is 18.6 Å². The Labute approximate surface area is 219 Å². The highest BCUT2D eigenvalue weighted by molar-refractivity contribution is 5.80. The minimum Gasteiger partial charge on any atom is -0.475 e. The van der Waals surface area contributed by atoms with Crippen LogP contribution in [0.5, 0.6) is 0 Å². The lowest BCUT2D eigenvalue weighted by molar-refractivity contribution is -0.193. The van der Waals surface area contributed by atoms with E-state index in [1.165, 1.54) is 0 Å². The van der Waals surface area contributed by atoms with Crippen molar-refractivity contribution in [2.75, 3.05) is 39.5 Å². The topological polar surface area (TPSA) is 130 Å². The molecule has 39 heavy (non-hydrogen) atoms. The number of carboxylic acids is 2. The zero-order valence-electron chi connectivity index (χ0n) is 20.7. The Balaban J connectivity index is 0.000000317. The van der Waals surface area contributed by atoms with E-state index in [1.807, 2.05) is 23.2 Å². The number of pyridine rings is 1. The van der Waals surface area contributed by atoms with Crippen LogP contribution in [0.25, 0.3) is 0 Å². The number of alkyl halides is 6. The highest BCUT2D eigenvalue weighted by atomic mass is 19.4. The SMILES string of the molecule is O=C(O)C(F)(F)F.O=C(O)C(F)(F)F.O=C1[C@@H]2CCN(C3CCOCC3)C[C@@H]2OCCN1Cc1cccnc1. The molecule has 0 aliphatic carbocycles. The summed E-state index contributed by atoms with van der Waals surface area (Å²) >= 11 is 0. The quantitative estimate of drug-likeness (QED) is 0.525. The molecule has 0 saturated carbocycles. The number of carbonyl (C=O) groups excluding carboxylic acids is 1. The summed E-state index contributed by atoms with van der Waals surface area (Å²) in [6.07, 6.45) is -3.45. The first-order valence-electron chi connectivity index (χ1n) is 11.9. The van der Waals surface area contributed by atoms with Gasteiger partial charge in [0.1, 0.15) is 0 Å². The van der Waals surface area contributed by atoms with Gasteiger partial charge in [-0.25, -0.2) is 9.59 Å². The number of amides is 1. The number of aliphatic carboxylic acids is 2. The van der Waals surface area contributed by atoms with Crippen LogP contribution in [-0.4, -0.2) is 107 Å². The van der Waals surface area contributed by atoms with Gasteiger partial charge in [0.2, 0.25) is 5.91 Å². The first-order valence-corrected chi connectivity index (χ1v) is 11.9. The lowest BCUT2D eigenvalue weighted by atomic mass is 9.90. The maximum absolute atomic E-state index is 13.1. The van der Waals surface area contributed by atoms with Gasteiger partial charge in [-0.05, 0) is 37.4 Å². The predicted molar refractivity (Wildman–Crippen MR) is 120 cm³/mol. The zero-order chi connectivity index (χ0) is 29.2. The van der Waals surface area contributed by atoms with Crippen LogP contribution in [0.2, 0.25) is 0 Å². The fourth-order valence-electron chi connectivity index (χ4n) is 4.30. The first-order chi connectivity index (χ1) is 18.2. The lowest BCUT2D eigenvalue weighted by Gasteiger charge is -2.42. The highest BCUT2D eigenvalue weighted by Crippen LogP contribution is 2.29. The second kappa shape index (κ2) is 14.4. The predicted octanol–water partition coefficient (Wildman–Crippen LogP) is 2.58. The van der Waals surface area contributed by atoms with E-state index in [0.717, 1.165) is 51.1 Å². The molecular weight excluding hydrogens is 544 g/mol. The van der Waals surface area contributed by atoms with Gasteiger partial charge in [0, 0.05) is 51.3 Å². The molecule has 4 heterocycles. The second-order valence-electron chi connectivity index (χ2n) is 8.87. The van der Waals surface area contributed by atoms with Crippen LogP contribution >= 0.6 is 0 Å². The smallest absolute Gasteiger partial charge is 0.475 e. The number of rotatable bonds is 3. The molecule has 0 spiro atoms. The molecule has 1 aromatic rings. The number of piperidine rings is 1. The van der Waals surface area contributed by atoms with Crippen LogP contribution < -0.4 is 0 Å². The fraction of sp³-hybridized carbons (Fsp3) is 0.652. The van der Waals surface area contributed by atoms with Gasteiger partial charge in [-0.2, -0.15) is 26.3 Å². The first kappa shape index (κ1) is 32.2. The number of hydrogen-bond donors (Lipinski definition) is 2. The van der Waals surface area contributed by atoms with Gasteiger partial charge in [-0.1, -0.05) is 6.07 Å². The van der Waals surface area contributed by atoms with E-state index in [4.69, 9.17) is 29.3 Å². The molecular formula is C23H29F6N3O7. The molecule has 16 heteroatoms. The molecule has 0 unspecified atom stereocenters. The third-order valence-electron chi connectivity index (χ3n) is 6.20. The largest absolute Gasteiger partial charge is 0.490 e. The molecule has 2 atom stereocenters. The van der Waals surface area contributed by atoms with Crippen LogP contribution in [0.15, 0.2) is 24.5 Å². The minimum atomic E-state index is -5.08. The lowest BCUT2D eigenvalue weighted by Crippen LogP contribution is -2.53. The number of hydrogen-bond acceptors (Lipinski definition) is 7. The summed E-state index contributed by atoms with van der Waals surface area (Å²) in [5, 5.41) is 14.2. The zero-order valence-corrected chi connectivity index (χ0v) is 20.7. The molecule has 2 N–H and O–H groups in total. The van der Waals surface area contributed by atoms with Crippen molar-refractivity contribution in [1.82, 2.24) is 14.8 Å². The van der Waals surface area contributed by atoms with Crippen molar-refractivity contribution < 1.29 is 60.4 Å². The van der Waals surface area contributed by atoms with Crippen molar-refractivity contribution in [2.45, 2.75) is 50.3 Å². The third kappa shape index (κ3) is 10.6. The molecule has 0 bridgehead atoms. The summed E-state index contributed by atoms with van der Waals surface area (Å²) in [6, 6.07) is 4.53. The standard InChI is InChI=1S/C19H27N3O3.2C2HF3O2/c23-19-17-3-7-21(16-4-9-24-10-5-16)14-18(17)25-11-8-22(19)13-15-2-1-6-20-12-15;2*3-2(4,5)1(6)7/h1-2,6,12,16-18H,3-5,7-11,13-14H2;2*(H,6,7)/t17-,18+;;/m1../s1. The maximum atomic E-state index is 13.1. The minimum absolute atomic E-state index is 0.00439. The van der Waals surface area contributed by atoms with Crippen LogP contribution in [0, 0.1) is 5.92 Å². The summed E-state index contributed by atoms with van der Waals surface area (Å²) in [5.41, 5.74) is 1.08. The molecule has 3 aliphatic rings. The van der Waals surface area contributed by atoms with Crippen LogP contribution in [0.4, 0.5) is 26.3 Å². The number of aromatic nitrogens is 1. The van der Waals surface area contributed by atoms with Gasteiger partial charge < -0.3 is 24.6 Å². The van der Waals surface area contributed by atoms with Crippen molar-refractivity contribution in [3.63, 3.8) is 0 Å². The Morgan fingerprint density at radius 1 is 0.974 bits per heavy atom. The maximum Gasteiger partial charge on any atom is 0.490 e. The number of fused-ring (bicyclic) bond motifs is 1. The van der Waals surface area contributed by atoms with Gasteiger partial charge >= 0.3 is 24.3 Å². The highest BCUT2D eigenvalue weighted by Gasteiger charge is 2.41. The van der Waals surface area contributed by atoms with E-state index in [-0.39, 0.29) is 17.9 Å². The summed E-state index contributed by atoms with van der Waals surface area (Å²) in [6.45, 7) is 5.49. The Morgan fingerprint density at radius 2 is 1.56 bits per heavy atom. The molecule has 4 rings (SSSR count). The van der Waals surface area contributed by atoms with Crippen molar-refractivity contribution in [2.24, 2.45) is 5.92 Å². The Bertz CT molecular complexity index is 918. The molecule has 1 amide bonds. The van der Waals surface area contributed by atoms with E-state index in [2.05, 4.69) is 9.88 Å². The van der Waals surface area contributed by atoms with E-state index in [1.54, 1.807) is 6.20 Å². The Kier molecular flexibility index (Phi) is 11.9. The number of ether oxygens (including phenoxy) is 2. The van der Waals surface area contributed by atoms with Gasteiger partial charge in [0.15, 0.2) is 0 Å². The molecule has 220 valence electrons. The third-order valence-corrected chi connectivity index (χ3v) is 6.20. The molecule has 3 saturated heterocycles. The van der Waals surface area contributed by atoms with E-state index in [0.29, 0.717) is 25.7 Å². The van der Waals surface area contributed by atoms with Gasteiger partial charge in [0.25, 0.3) is 0 Å². The van der Waals surface area contributed by atoms with Crippen LogP contribution in [0.3, 0.4) is 0 Å². The summed E-state index contributed by atoms with van der Waals surface area (Å²) in [7, 11) is 0. The summed E-state index contributed by atoms with van der Waals surface area (Å²) < 4.78 is 75.1. The van der Waals surface area contributed by atoms with E-state index < -0.39 is 24.3 Å². The molecule has 0 radical (unpaired) electrons. The molecule has 3 aliphatic heterocycles. The number of carboxylic acid groups (broad SMARTS) is 2. The number of halogens is 6. The average Bonchev–Trinajstić information content (AvgIpc) is 3.03. The van der Waals surface area contributed by atoms with Crippen LogP contribution in [0.1, 0.15) is 24.8 Å². The molecule has 10 nitrogen and oxygen atoms in total. The van der Waals surface area contributed by atoms with Gasteiger partial charge in [-0.3, -0.25) is 14.7 Å². The average molecular weight is 573 g/mol. The Hall–Kier alpha value is -2.98. The fourth-order valence-corrected chi connectivity index (χ4v) is 4.30. The van der Waals surface area contributed by atoms with Crippen LogP contribution in [-0.2, 0) is 30.4 Å². The van der Waals surface area contributed by atoms with Crippen molar-refractivity contribution in [1.29, 1.82) is 0 Å². The Morgan fingerprint density at radius 3 is 2.08 bits per heavy atom.